The Bertz CT molecular complexity index is 622. The van der Waals surface area contributed by atoms with Gasteiger partial charge in [-0.3, -0.25) is 9.80 Å². The summed E-state index contributed by atoms with van der Waals surface area (Å²) >= 11 is 0. The van der Waals surface area contributed by atoms with Crippen molar-refractivity contribution in [2.24, 2.45) is 5.10 Å². The second-order valence-electron chi connectivity index (χ2n) is 6.46. The lowest BCUT2D eigenvalue weighted by molar-refractivity contribution is -0.156. The average Bonchev–Trinajstić information content (AvgIpc) is 2.97. The number of rotatable bonds is 5. The van der Waals surface area contributed by atoms with Gasteiger partial charge in [0.25, 0.3) is 5.91 Å². The molecular weight excluding hydrogens is 310 g/mol. The molecule has 0 fully saturated rings. The van der Waals surface area contributed by atoms with Crippen molar-refractivity contribution in [3.05, 3.63) is 30.3 Å². The van der Waals surface area contributed by atoms with E-state index in [9.17, 15) is 9.59 Å². The molecule has 130 valence electrons. The molecule has 0 unspecified atom stereocenters. The Morgan fingerprint density at radius 3 is 2.58 bits per heavy atom. The number of hydrogen-bond donors (Lipinski definition) is 2. The molecule has 24 heavy (non-hydrogen) atoms. The molecule has 1 aromatic rings. The third-order valence-corrected chi connectivity index (χ3v) is 3.27. The zero-order chi connectivity index (χ0) is 17.7. The van der Waals surface area contributed by atoms with Crippen molar-refractivity contribution in [3.8, 4) is 0 Å². The van der Waals surface area contributed by atoms with Crippen molar-refractivity contribution in [3.63, 3.8) is 0 Å². The number of hydrogen-bond acceptors (Lipinski definition) is 6. The first-order chi connectivity index (χ1) is 11.3. The lowest BCUT2D eigenvalue weighted by Crippen LogP contribution is -2.40. The molecule has 0 aromatic heterocycles. The lowest BCUT2D eigenvalue weighted by Gasteiger charge is -2.26. The number of nitrogens with zero attached hydrogens (tertiary/aromatic N) is 2. The fourth-order valence-electron chi connectivity index (χ4n) is 2.29. The number of hydrazone groups is 1. The number of aliphatic hydroxyl groups excluding tert-OH is 1. The van der Waals surface area contributed by atoms with Crippen LogP contribution in [0.15, 0.2) is 35.4 Å². The van der Waals surface area contributed by atoms with Crippen LogP contribution >= 0.6 is 0 Å². The van der Waals surface area contributed by atoms with Gasteiger partial charge < -0.3 is 15.2 Å². The van der Waals surface area contributed by atoms with Crippen LogP contribution < -0.4 is 10.3 Å². The number of ether oxygens (including phenoxy) is 1. The fourth-order valence-corrected chi connectivity index (χ4v) is 2.29. The van der Waals surface area contributed by atoms with Crippen LogP contribution in [0, 0.1) is 0 Å². The van der Waals surface area contributed by atoms with Crippen molar-refractivity contribution in [1.29, 1.82) is 0 Å². The highest BCUT2D eigenvalue weighted by Gasteiger charge is 2.38. The van der Waals surface area contributed by atoms with Crippen molar-refractivity contribution in [1.82, 2.24) is 5.32 Å². The van der Waals surface area contributed by atoms with Gasteiger partial charge in [-0.2, -0.15) is 5.10 Å². The van der Waals surface area contributed by atoms with Gasteiger partial charge in [-0.1, -0.05) is 18.2 Å². The van der Waals surface area contributed by atoms with Crippen LogP contribution in [0.3, 0.4) is 0 Å². The van der Waals surface area contributed by atoms with Crippen LogP contribution in [0.25, 0.3) is 0 Å². The van der Waals surface area contributed by atoms with Crippen molar-refractivity contribution >= 4 is 23.3 Å². The molecule has 1 atom stereocenters. The van der Waals surface area contributed by atoms with E-state index in [-0.39, 0.29) is 25.3 Å². The first kappa shape index (κ1) is 17.9. The van der Waals surface area contributed by atoms with Crippen LogP contribution in [-0.4, -0.2) is 47.5 Å². The maximum atomic E-state index is 12.5. The third-order valence-electron chi connectivity index (χ3n) is 3.27. The molecule has 2 rings (SSSR count). The van der Waals surface area contributed by atoms with E-state index < -0.39 is 23.5 Å². The maximum absolute atomic E-state index is 12.5. The van der Waals surface area contributed by atoms with Crippen LogP contribution in [0.1, 0.15) is 27.2 Å². The highest BCUT2D eigenvalue weighted by Crippen LogP contribution is 2.26. The molecule has 2 N–H and O–H groups in total. The summed E-state index contributed by atoms with van der Waals surface area (Å²) in [6.07, 6.45) is 0.154. The first-order valence-corrected chi connectivity index (χ1v) is 7.85. The van der Waals surface area contributed by atoms with Crippen molar-refractivity contribution in [2.75, 3.05) is 18.2 Å². The quantitative estimate of drug-likeness (QED) is 0.787. The molecule has 1 aliphatic rings. The van der Waals surface area contributed by atoms with E-state index in [1.54, 1.807) is 20.8 Å². The van der Waals surface area contributed by atoms with Gasteiger partial charge in [0.2, 0.25) is 0 Å². The normalized spacial score (nSPS) is 17.4. The summed E-state index contributed by atoms with van der Waals surface area (Å²) in [5.74, 6) is -0.823. The molecule has 0 aliphatic carbocycles. The number of anilines is 1. The van der Waals surface area contributed by atoms with Gasteiger partial charge in [0.15, 0.2) is 6.04 Å². The van der Waals surface area contributed by atoms with Gasteiger partial charge in [0, 0.05) is 13.0 Å². The van der Waals surface area contributed by atoms with Crippen LogP contribution in [0.4, 0.5) is 5.69 Å². The summed E-state index contributed by atoms with van der Waals surface area (Å²) in [4.78, 5) is 24.6. The zero-order valence-corrected chi connectivity index (χ0v) is 14.2. The van der Waals surface area contributed by atoms with E-state index >= 15 is 0 Å². The molecule has 1 heterocycles. The highest BCUT2D eigenvalue weighted by molar-refractivity contribution is 6.40. The Morgan fingerprint density at radius 2 is 2.00 bits per heavy atom. The topological polar surface area (TPSA) is 91.2 Å². The molecule has 0 saturated carbocycles. The molecule has 1 aromatic carbocycles. The van der Waals surface area contributed by atoms with E-state index in [1.165, 1.54) is 5.01 Å². The highest BCUT2D eigenvalue weighted by atomic mass is 16.6. The Kier molecular flexibility index (Phi) is 5.56. The number of nitrogens with one attached hydrogen (secondary N) is 1. The number of benzene rings is 1. The standard InChI is InChI=1S/C17H23N3O4/c1-17(2,3)24-16(23)14-11-13(15(22)18-9-10-21)19-20(14)12-7-5-4-6-8-12/h4-8,14,21H,9-11H2,1-3H3,(H,18,22)/t14-/m1/s1. The monoisotopic (exact) mass is 333 g/mol. The van der Waals surface area contributed by atoms with Crippen LogP contribution in [0.5, 0.6) is 0 Å². The maximum Gasteiger partial charge on any atom is 0.331 e. The number of carbonyl (C=O) groups is 2. The van der Waals surface area contributed by atoms with Crippen molar-refractivity contribution in [2.45, 2.75) is 38.8 Å². The number of para-hydroxylation sites is 1. The van der Waals surface area contributed by atoms with Gasteiger partial charge in [-0.05, 0) is 32.9 Å². The minimum Gasteiger partial charge on any atom is -0.458 e. The largest absolute Gasteiger partial charge is 0.458 e. The molecule has 7 heteroatoms. The number of carbonyl (C=O) groups excluding carboxylic acids is 2. The van der Waals surface area contributed by atoms with E-state index in [0.29, 0.717) is 5.69 Å². The first-order valence-electron chi connectivity index (χ1n) is 7.85. The van der Waals surface area contributed by atoms with E-state index in [0.717, 1.165) is 0 Å². The minimum absolute atomic E-state index is 0.139. The Morgan fingerprint density at radius 1 is 1.33 bits per heavy atom. The molecule has 0 radical (unpaired) electrons. The second-order valence-corrected chi connectivity index (χ2v) is 6.46. The second kappa shape index (κ2) is 7.44. The summed E-state index contributed by atoms with van der Waals surface area (Å²) in [5.41, 5.74) is 0.322. The zero-order valence-electron chi connectivity index (χ0n) is 14.2. The molecule has 1 amide bonds. The fraction of sp³-hybridized carbons (Fsp3) is 0.471. The number of amides is 1. The minimum atomic E-state index is -0.693. The predicted molar refractivity (Wildman–Crippen MR) is 90.7 cm³/mol. The number of aliphatic hydroxyl groups is 1. The van der Waals surface area contributed by atoms with Gasteiger partial charge >= 0.3 is 5.97 Å². The lowest BCUT2D eigenvalue weighted by atomic mass is 10.1. The summed E-state index contributed by atoms with van der Waals surface area (Å²) < 4.78 is 5.46. The predicted octanol–water partition coefficient (Wildman–Crippen LogP) is 1.07. The van der Waals surface area contributed by atoms with Gasteiger partial charge in [0.05, 0.1) is 12.3 Å². The smallest absolute Gasteiger partial charge is 0.331 e. The van der Waals surface area contributed by atoms with E-state index in [4.69, 9.17) is 9.84 Å². The third kappa shape index (κ3) is 4.55. The molecule has 1 aliphatic heterocycles. The van der Waals surface area contributed by atoms with Crippen LogP contribution in [0.2, 0.25) is 0 Å². The summed E-state index contributed by atoms with van der Waals surface area (Å²) in [6.45, 7) is 5.37. The van der Waals surface area contributed by atoms with Crippen LogP contribution in [-0.2, 0) is 14.3 Å². The van der Waals surface area contributed by atoms with E-state index in [1.807, 2.05) is 30.3 Å². The summed E-state index contributed by atoms with van der Waals surface area (Å²) in [7, 11) is 0. The van der Waals surface area contributed by atoms with Gasteiger partial charge in [0.1, 0.15) is 11.3 Å². The molecular formula is C17H23N3O4. The van der Waals surface area contributed by atoms with Gasteiger partial charge in [-0.25, -0.2) is 4.79 Å². The average molecular weight is 333 g/mol. The van der Waals surface area contributed by atoms with Crippen molar-refractivity contribution < 1.29 is 19.4 Å². The Balaban J connectivity index is 2.23. The molecule has 0 bridgehead atoms. The SMILES string of the molecule is CC(C)(C)OC(=O)[C@H]1CC(C(=O)NCCO)=NN1c1ccccc1. The number of esters is 1. The summed E-state index contributed by atoms with van der Waals surface area (Å²) in [6, 6.07) is 8.47. The summed E-state index contributed by atoms with van der Waals surface area (Å²) in [5, 5.41) is 17.2. The van der Waals surface area contributed by atoms with E-state index in [2.05, 4.69) is 10.4 Å². The Labute approximate surface area is 141 Å². The molecule has 7 nitrogen and oxygen atoms in total. The van der Waals surface area contributed by atoms with Gasteiger partial charge in [-0.15, -0.1) is 0 Å². The molecule has 0 spiro atoms. The Hall–Kier alpha value is -2.41. The molecule has 0 saturated heterocycles.